The lowest BCUT2D eigenvalue weighted by Crippen LogP contribution is -3.00. The van der Waals surface area contributed by atoms with Crippen molar-refractivity contribution in [2.24, 2.45) is 0 Å². The number of aryl methyl sites for hydroxylation is 3. The summed E-state index contributed by atoms with van der Waals surface area (Å²) in [7, 11) is 0. The summed E-state index contributed by atoms with van der Waals surface area (Å²) in [4.78, 5) is 12.5. The lowest BCUT2D eigenvalue weighted by molar-refractivity contribution is -0.937. The number of nitrogens with zero attached hydrogens (tertiary/aromatic N) is 1. The van der Waals surface area contributed by atoms with Crippen molar-refractivity contribution in [1.82, 2.24) is 0 Å². The molecule has 0 aliphatic rings. The number of hydrogen-bond acceptors (Lipinski definition) is 1. The van der Waals surface area contributed by atoms with Crippen molar-refractivity contribution < 1.29 is 33.3 Å². The molecule has 1 N–H and O–H groups in total. The molecule has 3 nitrogen and oxygen atoms in total. The molecule has 1 amide bonds. The molecule has 0 fully saturated rings. The lowest BCUT2D eigenvalue weighted by atomic mass is 10.0. The minimum absolute atomic E-state index is 0. The first-order chi connectivity index (χ1) is 9.75. The van der Waals surface area contributed by atoms with E-state index in [0.717, 1.165) is 34.4 Å². The Morgan fingerprint density at radius 1 is 1.09 bits per heavy atom. The van der Waals surface area contributed by atoms with Gasteiger partial charge >= 0.3 is 0 Å². The fraction of sp³-hybridized carbons (Fsp3) is 0.611. The Bertz CT molecular complexity index is 485. The van der Waals surface area contributed by atoms with Gasteiger partial charge < -0.3 is 33.8 Å². The molecule has 4 heteroatoms. The second-order valence-corrected chi connectivity index (χ2v) is 6.42. The van der Waals surface area contributed by atoms with Crippen LogP contribution in [-0.4, -0.2) is 36.1 Å². The summed E-state index contributed by atoms with van der Waals surface area (Å²) in [6, 6.07) is 4.69. The van der Waals surface area contributed by atoms with Crippen LogP contribution >= 0.6 is 0 Å². The molecule has 0 radical (unpaired) electrons. The van der Waals surface area contributed by atoms with E-state index in [1.54, 1.807) is 0 Å². The number of amides is 1. The molecular formula is C18H31IN2O. The Balaban J connectivity index is 0.00000441. The number of benzene rings is 1. The van der Waals surface area contributed by atoms with E-state index < -0.39 is 0 Å². The minimum atomic E-state index is 0. The Kier molecular flexibility index (Phi) is 8.62. The van der Waals surface area contributed by atoms with Crippen LogP contribution in [0.4, 0.5) is 5.69 Å². The van der Waals surface area contributed by atoms with Gasteiger partial charge in [-0.2, -0.15) is 0 Å². The molecule has 0 aliphatic heterocycles. The molecule has 0 saturated heterocycles. The van der Waals surface area contributed by atoms with E-state index in [1.807, 2.05) is 0 Å². The van der Waals surface area contributed by atoms with E-state index >= 15 is 0 Å². The van der Waals surface area contributed by atoms with E-state index in [0.29, 0.717) is 12.6 Å². The number of nitrogens with one attached hydrogen (secondary N) is 1. The van der Waals surface area contributed by atoms with Crippen LogP contribution < -0.4 is 29.3 Å². The molecule has 0 spiro atoms. The Morgan fingerprint density at radius 3 is 1.91 bits per heavy atom. The fourth-order valence-electron chi connectivity index (χ4n) is 3.20. The van der Waals surface area contributed by atoms with Gasteiger partial charge in [0.25, 0.3) is 5.91 Å². The molecule has 0 aromatic heterocycles. The molecule has 22 heavy (non-hydrogen) atoms. The van der Waals surface area contributed by atoms with Crippen LogP contribution in [0, 0.1) is 20.8 Å². The first kappa shape index (κ1) is 21.4. The van der Waals surface area contributed by atoms with E-state index in [1.165, 1.54) is 5.56 Å². The highest BCUT2D eigenvalue weighted by Crippen LogP contribution is 2.22. The van der Waals surface area contributed by atoms with E-state index in [4.69, 9.17) is 0 Å². The van der Waals surface area contributed by atoms with Crippen LogP contribution in [0.3, 0.4) is 0 Å². The van der Waals surface area contributed by atoms with Crippen molar-refractivity contribution in [3.05, 3.63) is 28.8 Å². The van der Waals surface area contributed by atoms with Crippen molar-refractivity contribution in [2.75, 3.05) is 25.0 Å². The predicted octanol–water partition coefficient (Wildman–Crippen LogP) is 0.819. The van der Waals surface area contributed by atoms with Gasteiger partial charge in [-0.1, -0.05) is 17.7 Å². The SMILES string of the molecule is CC[N+](CC)(CC(=O)Nc1c(C)cc(C)cc1C)C(C)C.[I-]. The highest BCUT2D eigenvalue weighted by molar-refractivity contribution is 5.93. The number of anilines is 1. The Labute approximate surface area is 153 Å². The summed E-state index contributed by atoms with van der Waals surface area (Å²) in [5, 5.41) is 3.13. The number of hydrogen-bond donors (Lipinski definition) is 1. The predicted molar refractivity (Wildman–Crippen MR) is 90.6 cm³/mol. The standard InChI is InChI=1S/C18H30N2O.HI/c1-8-20(9-2,13(3)4)12-17(21)19-18-15(6)10-14(5)11-16(18)7;/h10-11,13H,8-9,12H2,1-7H3;1H. The van der Waals surface area contributed by atoms with Crippen LogP contribution in [0.25, 0.3) is 0 Å². The highest BCUT2D eigenvalue weighted by atomic mass is 127. The number of halogens is 1. The fourth-order valence-corrected chi connectivity index (χ4v) is 3.20. The molecule has 0 unspecified atom stereocenters. The molecule has 0 heterocycles. The zero-order valence-corrected chi connectivity index (χ0v) is 17.2. The quantitative estimate of drug-likeness (QED) is 0.538. The number of carbonyl (C=O) groups is 1. The Morgan fingerprint density at radius 2 is 1.55 bits per heavy atom. The maximum Gasteiger partial charge on any atom is 0.279 e. The number of likely N-dealkylation sites (N-methyl/N-ethyl adjacent to an activating group) is 1. The molecular weight excluding hydrogens is 387 g/mol. The summed E-state index contributed by atoms with van der Waals surface area (Å²) < 4.78 is 0.829. The lowest BCUT2D eigenvalue weighted by Gasteiger charge is -2.40. The molecule has 0 atom stereocenters. The van der Waals surface area contributed by atoms with Gasteiger partial charge in [-0.3, -0.25) is 4.79 Å². The Hall–Kier alpha value is -0.620. The van der Waals surface area contributed by atoms with E-state index in [9.17, 15) is 4.79 Å². The van der Waals surface area contributed by atoms with Crippen LogP contribution in [0.1, 0.15) is 44.4 Å². The average molecular weight is 418 g/mol. The number of quaternary nitrogens is 1. The third-order valence-corrected chi connectivity index (χ3v) is 4.75. The second-order valence-electron chi connectivity index (χ2n) is 6.42. The number of rotatable bonds is 6. The van der Waals surface area contributed by atoms with Gasteiger partial charge in [-0.05, 0) is 59.6 Å². The van der Waals surface area contributed by atoms with E-state index in [2.05, 4.69) is 65.9 Å². The van der Waals surface area contributed by atoms with Crippen molar-refractivity contribution in [3.8, 4) is 0 Å². The van der Waals surface area contributed by atoms with Gasteiger partial charge in [-0.25, -0.2) is 0 Å². The highest BCUT2D eigenvalue weighted by Gasteiger charge is 2.30. The zero-order chi connectivity index (χ0) is 16.2. The summed E-state index contributed by atoms with van der Waals surface area (Å²) in [6.07, 6.45) is 0. The zero-order valence-electron chi connectivity index (χ0n) is 15.1. The first-order valence-corrected chi connectivity index (χ1v) is 7.99. The van der Waals surface area contributed by atoms with Gasteiger partial charge in [0.1, 0.15) is 0 Å². The van der Waals surface area contributed by atoms with Crippen LogP contribution in [-0.2, 0) is 4.79 Å². The van der Waals surface area contributed by atoms with Gasteiger partial charge in [0.15, 0.2) is 6.54 Å². The molecule has 1 rings (SSSR count). The van der Waals surface area contributed by atoms with Crippen molar-refractivity contribution in [2.45, 2.75) is 54.5 Å². The van der Waals surface area contributed by atoms with Gasteiger partial charge in [0.2, 0.25) is 0 Å². The molecule has 0 bridgehead atoms. The van der Waals surface area contributed by atoms with Crippen molar-refractivity contribution in [1.29, 1.82) is 0 Å². The molecule has 1 aromatic carbocycles. The molecule has 126 valence electrons. The average Bonchev–Trinajstić information content (AvgIpc) is 2.40. The summed E-state index contributed by atoms with van der Waals surface area (Å²) in [5.74, 6) is 0.113. The summed E-state index contributed by atoms with van der Waals surface area (Å²) >= 11 is 0. The molecule has 1 aromatic rings. The maximum atomic E-state index is 12.5. The van der Waals surface area contributed by atoms with E-state index in [-0.39, 0.29) is 29.9 Å². The van der Waals surface area contributed by atoms with Crippen LogP contribution in [0.2, 0.25) is 0 Å². The smallest absolute Gasteiger partial charge is 0.279 e. The maximum absolute atomic E-state index is 12.5. The van der Waals surface area contributed by atoms with Crippen molar-refractivity contribution in [3.63, 3.8) is 0 Å². The topological polar surface area (TPSA) is 29.1 Å². The van der Waals surface area contributed by atoms with Gasteiger partial charge in [-0.15, -0.1) is 0 Å². The summed E-state index contributed by atoms with van der Waals surface area (Å²) in [6.45, 7) is 17.4. The summed E-state index contributed by atoms with van der Waals surface area (Å²) in [5.41, 5.74) is 4.48. The minimum Gasteiger partial charge on any atom is -1.00 e. The third-order valence-electron chi connectivity index (χ3n) is 4.75. The van der Waals surface area contributed by atoms with Gasteiger partial charge in [0.05, 0.1) is 19.1 Å². The monoisotopic (exact) mass is 418 g/mol. The largest absolute Gasteiger partial charge is 1.00 e. The number of carbonyl (C=O) groups excluding carboxylic acids is 1. The van der Waals surface area contributed by atoms with Crippen LogP contribution in [0.15, 0.2) is 12.1 Å². The second kappa shape index (κ2) is 8.87. The third kappa shape index (κ3) is 4.95. The van der Waals surface area contributed by atoms with Crippen LogP contribution in [0.5, 0.6) is 0 Å². The molecule has 0 aliphatic carbocycles. The van der Waals surface area contributed by atoms with Gasteiger partial charge in [0, 0.05) is 5.69 Å². The van der Waals surface area contributed by atoms with Crippen molar-refractivity contribution >= 4 is 11.6 Å². The normalized spacial score (nSPS) is 11.3. The molecule has 0 saturated carbocycles. The first-order valence-electron chi connectivity index (χ1n) is 7.99.